The number of hydrogen-bond acceptors (Lipinski definition) is 5. The van der Waals surface area contributed by atoms with Gasteiger partial charge in [-0.1, -0.05) is 6.92 Å². The summed E-state index contributed by atoms with van der Waals surface area (Å²) in [4.78, 5) is 11.2. The van der Waals surface area contributed by atoms with E-state index >= 15 is 0 Å². The summed E-state index contributed by atoms with van der Waals surface area (Å²) in [5, 5.41) is 3.24. The number of morpholine rings is 1. The fraction of sp³-hybridized carbons (Fsp3) is 0.692. The molecule has 1 N–H and O–H groups in total. The van der Waals surface area contributed by atoms with Crippen molar-refractivity contribution in [1.82, 2.24) is 15.3 Å². The molecule has 5 heteroatoms. The van der Waals surface area contributed by atoms with Crippen LogP contribution in [0.1, 0.15) is 26.5 Å². The molecule has 18 heavy (non-hydrogen) atoms. The molecule has 0 saturated carbocycles. The molecule has 0 bridgehead atoms. The van der Waals surface area contributed by atoms with Crippen LogP contribution in [-0.2, 0) is 11.3 Å². The van der Waals surface area contributed by atoms with Gasteiger partial charge in [0, 0.05) is 19.6 Å². The van der Waals surface area contributed by atoms with E-state index in [1.165, 1.54) is 0 Å². The van der Waals surface area contributed by atoms with E-state index < -0.39 is 0 Å². The zero-order valence-electron chi connectivity index (χ0n) is 11.4. The first-order valence-electron chi connectivity index (χ1n) is 6.61. The standard InChI is InChI=1S/C13H22N4O/c1-4-14-5-12-6-16-13(7-15-12)17-8-10(2)18-11(3)9-17/h6-7,10-11,14H,4-5,8-9H2,1-3H3. The van der Waals surface area contributed by atoms with Gasteiger partial charge in [0.2, 0.25) is 0 Å². The van der Waals surface area contributed by atoms with E-state index in [1.54, 1.807) is 0 Å². The van der Waals surface area contributed by atoms with E-state index in [2.05, 4.69) is 41.0 Å². The molecule has 1 aliphatic rings. The van der Waals surface area contributed by atoms with E-state index in [1.807, 2.05) is 12.4 Å². The monoisotopic (exact) mass is 250 g/mol. The number of aromatic nitrogens is 2. The molecule has 100 valence electrons. The van der Waals surface area contributed by atoms with Crippen LogP contribution >= 0.6 is 0 Å². The number of anilines is 1. The Kier molecular flexibility index (Phi) is 4.49. The highest BCUT2D eigenvalue weighted by molar-refractivity contribution is 5.36. The maximum Gasteiger partial charge on any atom is 0.147 e. The number of rotatable bonds is 4. The fourth-order valence-corrected chi connectivity index (χ4v) is 2.22. The number of nitrogens with one attached hydrogen (secondary N) is 1. The molecule has 1 aromatic rings. The average molecular weight is 250 g/mol. The van der Waals surface area contributed by atoms with Crippen LogP contribution in [-0.4, -0.2) is 41.8 Å². The summed E-state index contributed by atoms with van der Waals surface area (Å²) in [6.07, 6.45) is 4.20. The summed E-state index contributed by atoms with van der Waals surface area (Å²) >= 11 is 0. The van der Waals surface area contributed by atoms with Gasteiger partial charge < -0.3 is 15.0 Å². The van der Waals surface area contributed by atoms with E-state index in [-0.39, 0.29) is 12.2 Å². The molecule has 0 aromatic carbocycles. The lowest BCUT2D eigenvalue weighted by Gasteiger charge is -2.35. The van der Waals surface area contributed by atoms with Crippen molar-refractivity contribution in [1.29, 1.82) is 0 Å². The fourth-order valence-electron chi connectivity index (χ4n) is 2.22. The summed E-state index contributed by atoms with van der Waals surface area (Å²) in [6.45, 7) is 9.75. The van der Waals surface area contributed by atoms with Crippen LogP contribution in [0.2, 0.25) is 0 Å². The Morgan fingerprint density at radius 3 is 2.56 bits per heavy atom. The zero-order valence-corrected chi connectivity index (χ0v) is 11.4. The quantitative estimate of drug-likeness (QED) is 0.870. The highest BCUT2D eigenvalue weighted by Crippen LogP contribution is 2.17. The first-order chi connectivity index (χ1) is 8.69. The molecule has 1 aromatic heterocycles. The third kappa shape index (κ3) is 3.40. The molecule has 0 aliphatic carbocycles. The highest BCUT2D eigenvalue weighted by Gasteiger charge is 2.23. The molecule has 2 atom stereocenters. The first-order valence-corrected chi connectivity index (χ1v) is 6.61. The Morgan fingerprint density at radius 1 is 1.28 bits per heavy atom. The molecule has 0 radical (unpaired) electrons. The number of ether oxygens (including phenoxy) is 1. The van der Waals surface area contributed by atoms with Gasteiger partial charge in [-0.2, -0.15) is 0 Å². The Balaban J connectivity index is 2.00. The largest absolute Gasteiger partial charge is 0.372 e. The molecular weight excluding hydrogens is 228 g/mol. The Morgan fingerprint density at radius 2 is 2.00 bits per heavy atom. The summed E-state index contributed by atoms with van der Waals surface area (Å²) in [5.41, 5.74) is 0.981. The second-order valence-corrected chi connectivity index (χ2v) is 4.81. The second kappa shape index (κ2) is 6.11. The van der Waals surface area contributed by atoms with Crippen LogP contribution in [0, 0.1) is 0 Å². The van der Waals surface area contributed by atoms with E-state index in [4.69, 9.17) is 4.74 Å². The summed E-state index contributed by atoms with van der Waals surface area (Å²) in [5.74, 6) is 0.942. The summed E-state index contributed by atoms with van der Waals surface area (Å²) in [7, 11) is 0. The SMILES string of the molecule is CCNCc1cnc(N2CC(C)OC(C)C2)cn1. The number of nitrogens with zero attached hydrogens (tertiary/aromatic N) is 3. The van der Waals surface area contributed by atoms with Gasteiger partial charge in [-0.25, -0.2) is 4.98 Å². The van der Waals surface area contributed by atoms with E-state index in [0.717, 1.165) is 37.7 Å². The van der Waals surface area contributed by atoms with Gasteiger partial charge in [-0.15, -0.1) is 0 Å². The Bertz CT molecular complexity index is 358. The van der Waals surface area contributed by atoms with Crippen molar-refractivity contribution in [2.45, 2.75) is 39.5 Å². The van der Waals surface area contributed by atoms with Gasteiger partial charge in [0.25, 0.3) is 0 Å². The summed E-state index contributed by atoms with van der Waals surface area (Å²) < 4.78 is 5.71. The number of hydrogen-bond donors (Lipinski definition) is 1. The van der Waals surface area contributed by atoms with Crippen LogP contribution in [0.4, 0.5) is 5.82 Å². The van der Waals surface area contributed by atoms with Gasteiger partial charge in [0.05, 0.1) is 30.3 Å². The topological polar surface area (TPSA) is 50.3 Å². The normalized spacial score (nSPS) is 24.3. The minimum absolute atomic E-state index is 0.247. The highest BCUT2D eigenvalue weighted by atomic mass is 16.5. The van der Waals surface area contributed by atoms with Crippen molar-refractivity contribution in [3.8, 4) is 0 Å². The van der Waals surface area contributed by atoms with Gasteiger partial charge in [0.1, 0.15) is 5.82 Å². The molecule has 2 unspecified atom stereocenters. The average Bonchev–Trinajstić information content (AvgIpc) is 2.36. The maximum atomic E-state index is 5.71. The maximum absolute atomic E-state index is 5.71. The predicted molar refractivity (Wildman–Crippen MR) is 71.6 cm³/mol. The smallest absolute Gasteiger partial charge is 0.147 e. The predicted octanol–water partition coefficient (Wildman–Crippen LogP) is 1.20. The third-order valence-electron chi connectivity index (χ3n) is 2.99. The summed E-state index contributed by atoms with van der Waals surface area (Å²) in [6, 6.07) is 0. The Hall–Kier alpha value is -1.20. The van der Waals surface area contributed by atoms with Crippen molar-refractivity contribution in [2.75, 3.05) is 24.5 Å². The van der Waals surface area contributed by atoms with Crippen molar-refractivity contribution < 1.29 is 4.74 Å². The first kappa shape index (κ1) is 13.2. The van der Waals surface area contributed by atoms with Crippen molar-refractivity contribution in [3.05, 3.63) is 18.1 Å². The molecule has 2 heterocycles. The van der Waals surface area contributed by atoms with Crippen molar-refractivity contribution in [2.24, 2.45) is 0 Å². The van der Waals surface area contributed by atoms with E-state index in [9.17, 15) is 0 Å². The van der Waals surface area contributed by atoms with Crippen LogP contribution in [0.3, 0.4) is 0 Å². The lowest BCUT2D eigenvalue weighted by molar-refractivity contribution is -0.00547. The van der Waals surface area contributed by atoms with Crippen LogP contribution in [0.5, 0.6) is 0 Å². The Labute approximate surface area is 109 Å². The molecule has 5 nitrogen and oxygen atoms in total. The molecule has 2 rings (SSSR count). The van der Waals surface area contributed by atoms with Gasteiger partial charge in [-0.05, 0) is 20.4 Å². The van der Waals surface area contributed by atoms with Gasteiger partial charge in [0.15, 0.2) is 0 Å². The van der Waals surface area contributed by atoms with Gasteiger partial charge >= 0.3 is 0 Å². The minimum Gasteiger partial charge on any atom is -0.372 e. The lowest BCUT2D eigenvalue weighted by atomic mass is 10.2. The lowest BCUT2D eigenvalue weighted by Crippen LogP contribution is -2.45. The second-order valence-electron chi connectivity index (χ2n) is 4.81. The molecule has 0 spiro atoms. The van der Waals surface area contributed by atoms with Crippen molar-refractivity contribution >= 4 is 5.82 Å². The van der Waals surface area contributed by atoms with Gasteiger partial charge in [-0.3, -0.25) is 4.98 Å². The van der Waals surface area contributed by atoms with Crippen LogP contribution in [0.15, 0.2) is 12.4 Å². The third-order valence-corrected chi connectivity index (χ3v) is 2.99. The molecule has 0 amide bonds. The van der Waals surface area contributed by atoms with E-state index in [0.29, 0.717) is 0 Å². The minimum atomic E-state index is 0.247. The molecular formula is C13H22N4O. The van der Waals surface area contributed by atoms with Crippen LogP contribution < -0.4 is 10.2 Å². The van der Waals surface area contributed by atoms with Crippen LogP contribution in [0.25, 0.3) is 0 Å². The molecule has 1 saturated heterocycles. The van der Waals surface area contributed by atoms with Crippen molar-refractivity contribution in [3.63, 3.8) is 0 Å². The zero-order chi connectivity index (χ0) is 13.0. The molecule has 1 aliphatic heterocycles. The molecule has 1 fully saturated rings.